The fraction of sp³-hybridized carbons (Fsp3) is 0.150. The zero-order chi connectivity index (χ0) is 19.9. The number of ether oxygens (including phenoxy) is 2. The Balaban J connectivity index is 1.66. The number of carbonyl (C=O) groups is 1. The number of carbonyl (C=O) groups excluding carboxylic acids is 1. The molecule has 0 bridgehead atoms. The number of hydrazone groups is 1. The van der Waals surface area contributed by atoms with E-state index >= 15 is 0 Å². The van der Waals surface area contributed by atoms with Crippen molar-refractivity contribution in [1.82, 2.24) is 15.6 Å². The van der Waals surface area contributed by atoms with E-state index in [1.165, 1.54) is 13.3 Å². The third-order valence-electron chi connectivity index (χ3n) is 3.90. The number of aromatic amines is 1. The number of nitrogens with zero attached hydrogens (tertiary/aromatic N) is 2. The summed E-state index contributed by atoms with van der Waals surface area (Å²) in [6, 6.07) is 14.0. The maximum absolute atomic E-state index is 12.2. The number of rotatable bonds is 7. The van der Waals surface area contributed by atoms with Gasteiger partial charge in [-0.05, 0) is 49.4 Å². The molecule has 0 saturated carbocycles. The number of phenolic OH excluding ortho intramolecular Hbond substituents is 1. The molecule has 3 rings (SSSR count). The maximum atomic E-state index is 12.2. The molecule has 8 heteroatoms. The van der Waals surface area contributed by atoms with E-state index in [1.54, 1.807) is 24.3 Å². The first kappa shape index (κ1) is 19.0. The summed E-state index contributed by atoms with van der Waals surface area (Å²) < 4.78 is 10.4. The normalized spacial score (nSPS) is 10.8. The minimum absolute atomic E-state index is 0.0534. The second-order valence-electron chi connectivity index (χ2n) is 5.72. The van der Waals surface area contributed by atoms with E-state index in [0.717, 1.165) is 11.3 Å². The van der Waals surface area contributed by atoms with Gasteiger partial charge in [0.05, 0.1) is 25.6 Å². The molecule has 8 nitrogen and oxygen atoms in total. The number of hydrogen-bond donors (Lipinski definition) is 3. The lowest BCUT2D eigenvalue weighted by Gasteiger charge is -2.04. The Hall–Kier alpha value is -3.81. The first-order valence-electron chi connectivity index (χ1n) is 8.60. The Kier molecular flexibility index (Phi) is 5.91. The molecule has 0 unspecified atom stereocenters. The van der Waals surface area contributed by atoms with E-state index in [0.29, 0.717) is 23.6 Å². The number of hydrogen-bond acceptors (Lipinski definition) is 6. The number of aromatic hydroxyl groups is 1. The van der Waals surface area contributed by atoms with E-state index in [9.17, 15) is 9.90 Å². The molecule has 2 aromatic carbocycles. The molecule has 0 fully saturated rings. The molecule has 0 aliphatic rings. The average Bonchev–Trinajstić information content (AvgIpc) is 3.20. The molecule has 3 N–H and O–H groups in total. The molecule has 0 saturated heterocycles. The lowest BCUT2D eigenvalue weighted by Crippen LogP contribution is -2.18. The van der Waals surface area contributed by atoms with Crippen LogP contribution in [0.25, 0.3) is 11.3 Å². The molecule has 28 heavy (non-hydrogen) atoms. The van der Waals surface area contributed by atoms with Crippen molar-refractivity contribution in [3.05, 3.63) is 59.8 Å². The summed E-state index contributed by atoms with van der Waals surface area (Å²) >= 11 is 0. The summed E-state index contributed by atoms with van der Waals surface area (Å²) in [6.07, 6.45) is 1.33. The lowest BCUT2D eigenvalue weighted by atomic mass is 10.1. The van der Waals surface area contributed by atoms with Gasteiger partial charge in [0.15, 0.2) is 11.5 Å². The van der Waals surface area contributed by atoms with Crippen LogP contribution in [0.3, 0.4) is 0 Å². The Morgan fingerprint density at radius 3 is 2.79 bits per heavy atom. The summed E-state index contributed by atoms with van der Waals surface area (Å²) in [7, 11) is 1.46. The van der Waals surface area contributed by atoms with Crippen LogP contribution in [0.5, 0.6) is 17.2 Å². The van der Waals surface area contributed by atoms with Crippen molar-refractivity contribution in [3.8, 4) is 28.5 Å². The molecule has 0 radical (unpaired) electrons. The number of benzene rings is 2. The number of nitrogens with one attached hydrogen (secondary N) is 2. The fourth-order valence-electron chi connectivity index (χ4n) is 2.50. The summed E-state index contributed by atoms with van der Waals surface area (Å²) in [6.45, 7) is 2.52. The van der Waals surface area contributed by atoms with Crippen LogP contribution in [-0.4, -0.2) is 41.1 Å². The Morgan fingerprint density at radius 1 is 1.29 bits per heavy atom. The van der Waals surface area contributed by atoms with Crippen LogP contribution in [0.2, 0.25) is 0 Å². The predicted octanol–water partition coefficient (Wildman–Crippen LogP) is 2.95. The molecular formula is C20H20N4O4. The zero-order valence-corrected chi connectivity index (χ0v) is 15.5. The first-order chi connectivity index (χ1) is 13.6. The van der Waals surface area contributed by atoms with Crippen molar-refractivity contribution >= 4 is 12.1 Å². The molecule has 144 valence electrons. The van der Waals surface area contributed by atoms with Gasteiger partial charge in [0.2, 0.25) is 0 Å². The van der Waals surface area contributed by atoms with Crippen LogP contribution < -0.4 is 14.9 Å². The fourth-order valence-corrected chi connectivity index (χ4v) is 2.50. The summed E-state index contributed by atoms with van der Waals surface area (Å²) in [5.74, 6) is 0.587. The van der Waals surface area contributed by atoms with Gasteiger partial charge in [-0.1, -0.05) is 6.07 Å². The monoisotopic (exact) mass is 380 g/mol. The van der Waals surface area contributed by atoms with Gasteiger partial charge >= 0.3 is 0 Å². The third kappa shape index (κ3) is 4.29. The van der Waals surface area contributed by atoms with Crippen LogP contribution in [0, 0.1) is 0 Å². The van der Waals surface area contributed by atoms with Crippen LogP contribution in [-0.2, 0) is 0 Å². The highest BCUT2D eigenvalue weighted by atomic mass is 16.5. The molecule has 0 aliphatic heterocycles. The van der Waals surface area contributed by atoms with Crippen molar-refractivity contribution < 1.29 is 19.4 Å². The standard InChI is InChI=1S/C20H20N4O4/c1-3-28-15-9-7-13(8-10-15)16-11-17(23-22-16)20(26)24-21-12-14-5-4-6-18(27-2)19(14)25/h4-12,25H,3H2,1-2H3,(H,22,23)(H,24,26). The van der Waals surface area contributed by atoms with Gasteiger partial charge in [0.25, 0.3) is 5.91 Å². The van der Waals surface area contributed by atoms with Crippen molar-refractivity contribution in [2.75, 3.05) is 13.7 Å². The molecule has 0 spiro atoms. The first-order valence-corrected chi connectivity index (χ1v) is 8.60. The lowest BCUT2D eigenvalue weighted by molar-refractivity contribution is 0.0950. The summed E-state index contributed by atoms with van der Waals surface area (Å²) in [5, 5.41) is 20.7. The number of methoxy groups -OCH3 is 1. The molecule has 0 aliphatic carbocycles. The van der Waals surface area contributed by atoms with E-state index in [-0.39, 0.29) is 11.4 Å². The molecule has 3 aromatic rings. The second-order valence-corrected chi connectivity index (χ2v) is 5.72. The molecule has 1 heterocycles. The second kappa shape index (κ2) is 8.72. The minimum Gasteiger partial charge on any atom is -0.504 e. The smallest absolute Gasteiger partial charge is 0.289 e. The van der Waals surface area contributed by atoms with Crippen LogP contribution in [0.4, 0.5) is 0 Å². The quantitative estimate of drug-likeness (QED) is 0.431. The molecule has 1 aromatic heterocycles. The highest BCUT2D eigenvalue weighted by Crippen LogP contribution is 2.28. The Morgan fingerprint density at radius 2 is 2.07 bits per heavy atom. The molecular weight excluding hydrogens is 360 g/mol. The number of H-pyrrole nitrogens is 1. The van der Waals surface area contributed by atoms with Gasteiger partial charge in [-0.2, -0.15) is 10.2 Å². The van der Waals surface area contributed by atoms with E-state index in [1.807, 2.05) is 31.2 Å². The summed E-state index contributed by atoms with van der Waals surface area (Å²) in [5.41, 5.74) is 4.54. The molecule has 1 amide bonds. The van der Waals surface area contributed by atoms with Gasteiger partial charge in [-0.25, -0.2) is 5.43 Å². The van der Waals surface area contributed by atoms with Crippen molar-refractivity contribution in [2.24, 2.45) is 5.10 Å². The average molecular weight is 380 g/mol. The third-order valence-corrected chi connectivity index (χ3v) is 3.90. The Bertz CT molecular complexity index is 980. The van der Waals surface area contributed by atoms with E-state index < -0.39 is 5.91 Å². The largest absolute Gasteiger partial charge is 0.504 e. The number of phenols is 1. The number of amides is 1. The topological polar surface area (TPSA) is 109 Å². The van der Waals surface area contributed by atoms with Gasteiger partial charge in [-0.3, -0.25) is 9.89 Å². The Labute approximate surface area is 161 Å². The number of aromatic nitrogens is 2. The number of para-hydroxylation sites is 1. The predicted molar refractivity (Wildman–Crippen MR) is 105 cm³/mol. The maximum Gasteiger partial charge on any atom is 0.289 e. The van der Waals surface area contributed by atoms with Crippen molar-refractivity contribution in [2.45, 2.75) is 6.92 Å². The van der Waals surface area contributed by atoms with Gasteiger partial charge in [0.1, 0.15) is 11.4 Å². The summed E-state index contributed by atoms with van der Waals surface area (Å²) in [4.78, 5) is 12.2. The minimum atomic E-state index is -0.455. The zero-order valence-electron chi connectivity index (χ0n) is 15.5. The van der Waals surface area contributed by atoms with E-state index in [2.05, 4.69) is 20.7 Å². The van der Waals surface area contributed by atoms with Gasteiger partial charge in [0, 0.05) is 11.1 Å². The highest BCUT2D eigenvalue weighted by Gasteiger charge is 2.11. The van der Waals surface area contributed by atoms with Crippen LogP contribution in [0.1, 0.15) is 23.0 Å². The SMILES string of the molecule is CCOc1ccc(-c2cc(C(=O)NN=Cc3cccc(OC)c3O)[nH]n2)cc1. The highest BCUT2D eigenvalue weighted by molar-refractivity contribution is 5.94. The van der Waals surface area contributed by atoms with Crippen LogP contribution >= 0.6 is 0 Å². The van der Waals surface area contributed by atoms with Gasteiger partial charge < -0.3 is 14.6 Å². The van der Waals surface area contributed by atoms with E-state index in [4.69, 9.17) is 9.47 Å². The van der Waals surface area contributed by atoms with Crippen molar-refractivity contribution in [1.29, 1.82) is 0 Å². The van der Waals surface area contributed by atoms with Crippen LogP contribution in [0.15, 0.2) is 53.6 Å². The van der Waals surface area contributed by atoms with Crippen molar-refractivity contribution in [3.63, 3.8) is 0 Å². The van der Waals surface area contributed by atoms with Gasteiger partial charge in [-0.15, -0.1) is 0 Å². The molecule has 0 atom stereocenters.